The first-order valence-corrected chi connectivity index (χ1v) is 18.9. The second-order valence-corrected chi connectivity index (χ2v) is 15.6. The van der Waals surface area contributed by atoms with E-state index in [0.717, 1.165) is 52.9 Å². The van der Waals surface area contributed by atoms with E-state index >= 15 is 0 Å². The van der Waals surface area contributed by atoms with Crippen LogP contribution in [0.1, 0.15) is 76.2 Å². The summed E-state index contributed by atoms with van der Waals surface area (Å²) in [6.45, 7) is 8.23. The molecule has 0 radical (unpaired) electrons. The van der Waals surface area contributed by atoms with Gasteiger partial charge in [-0.1, -0.05) is 65.7 Å². The SMILES string of the molecule is COc1nc(-c2cccc(-c3cccc(-c4ccc5c(n4)CCCC5NC[C@H](C)O)c3Cl)c2Cl)ccc1CN(C[C@@H]1CCC(=O)N1)C(=O)OC(C)(C)C. The summed E-state index contributed by atoms with van der Waals surface area (Å²) in [6, 6.07) is 19.5. The molecule has 2 aromatic heterocycles. The molecule has 3 heterocycles. The molecule has 1 fully saturated rings. The summed E-state index contributed by atoms with van der Waals surface area (Å²) in [7, 11) is 1.54. The van der Waals surface area contributed by atoms with Crippen LogP contribution in [0, 0.1) is 0 Å². The van der Waals surface area contributed by atoms with Crippen molar-refractivity contribution in [2.24, 2.45) is 0 Å². The highest BCUT2D eigenvalue weighted by atomic mass is 35.5. The zero-order valence-corrected chi connectivity index (χ0v) is 32.4. The van der Waals surface area contributed by atoms with Crippen molar-refractivity contribution >= 4 is 35.2 Å². The van der Waals surface area contributed by atoms with Crippen LogP contribution in [0.15, 0.2) is 60.7 Å². The van der Waals surface area contributed by atoms with Crippen LogP contribution in [0.5, 0.6) is 5.88 Å². The molecule has 3 N–H and O–H groups in total. The van der Waals surface area contributed by atoms with Gasteiger partial charge in [-0.2, -0.15) is 0 Å². The number of aromatic nitrogens is 2. The number of carbonyl (C=O) groups is 2. The van der Waals surface area contributed by atoms with Crippen LogP contribution >= 0.6 is 23.2 Å². The van der Waals surface area contributed by atoms with Gasteiger partial charge in [0.05, 0.1) is 41.2 Å². The van der Waals surface area contributed by atoms with E-state index in [4.69, 9.17) is 42.6 Å². The zero-order chi connectivity index (χ0) is 37.9. The molecule has 1 aliphatic heterocycles. The number of methoxy groups -OCH3 is 1. The van der Waals surface area contributed by atoms with Gasteiger partial charge in [0, 0.05) is 65.1 Å². The molecule has 10 nitrogen and oxygen atoms in total. The van der Waals surface area contributed by atoms with Gasteiger partial charge in [0.2, 0.25) is 11.8 Å². The lowest BCUT2D eigenvalue weighted by Gasteiger charge is -2.29. The molecule has 2 aliphatic rings. The van der Waals surface area contributed by atoms with E-state index in [-0.39, 0.29) is 24.5 Å². The highest BCUT2D eigenvalue weighted by Gasteiger charge is 2.30. The summed E-state index contributed by atoms with van der Waals surface area (Å²) in [5.41, 5.74) is 6.58. The van der Waals surface area contributed by atoms with Gasteiger partial charge in [-0.25, -0.2) is 9.78 Å². The number of nitrogens with one attached hydrogen (secondary N) is 2. The number of nitrogens with zero attached hydrogens (tertiary/aromatic N) is 3. The van der Waals surface area contributed by atoms with Crippen molar-refractivity contribution in [2.45, 2.75) is 90.1 Å². The van der Waals surface area contributed by atoms with Gasteiger partial charge in [-0.3, -0.25) is 9.78 Å². The van der Waals surface area contributed by atoms with E-state index in [0.29, 0.717) is 58.7 Å². The third-order valence-corrected chi connectivity index (χ3v) is 10.3. The van der Waals surface area contributed by atoms with Crippen molar-refractivity contribution in [1.82, 2.24) is 25.5 Å². The van der Waals surface area contributed by atoms with E-state index in [1.165, 1.54) is 7.11 Å². The molecule has 1 aliphatic carbocycles. The summed E-state index contributed by atoms with van der Waals surface area (Å²) in [5, 5.41) is 17.2. The Labute approximate surface area is 321 Å². The predicted octanol–water partition coefficient (Wildman–Crippen LogP) is 8.16. The number of ether oxygens (including phenoxy) is 2. The molecular weight excluding hydrogens is 713 g/mol. The van der Waals surface area contributed by atoms with Gasteiger partial charge in [0.1, 0.15) is 5.60 Å². The van der Waals surface area contributed by atoms with E-state index in [9.17, 15) is 14.7 Å². The fraction of sp³-hybridized carbons (Fsp3) is 0.415. The van der Waals surface area contributed by atoms with Crippen molar-refractivity contribution in [3.8, 4) is 39.5 Å². The number of benzene rings is 2. The number of hydrogen-bond donors (Lipinski definition) is 3. The van der Waals surface area contributed by atoms with Gasteiger partial charge in [-0.15, -0.1) is 0 Å². The summed E-state index contributed by atoms with van der Waals surface area (Å²) < 4.78 is 11.4. The van der Waals surface area contributed by atoms with Crippen molar-refractivity contribution in [3.63, 3.8) is 0 Å². The highest BCUT2D eigenvalue weighted by molar-refractivity contribution is 6.39. The molecule has 2 amide bonds. The Morgan fingerprint density at radius 3 is 2.21 bits per heavy atom. The standard InChI is InChI=1S/C41H47Cl2N5O5/c1-24(49)21-44-32-13-8-14-33-29(32)17-19-34(46-33)30-11-6-9-27(37(30)42)28-10-7-12-31(38(28)43)35-18-15-25(39(47-35)52-5)22-48(40(51)53-41(2,3)4)23-26-16-20-36(50)45-26/h6-7,9-12,15,17-19,24,26,32,44,49H,8,13-14,16,20-23H2,1-5H3,(H,45,50)/t24-,26-,32?/m0/s1. The molecule has 0 spiro atoms. The van der Waals surface area contributed by atoms with Crippen LogP contribution in [0.2, 0.25) is 10.0 Å². The molecule has 53 heavy (non-hydrogen) atoms. The van der Waals surface area contributed by atoms with Gasteiger partial charge < -0.3 is 30.1 Å². The number of rotatable bonds is 11. The predicted molar refractivity (Wildman–Crippen MR) is 208 cm³/mol. The molecule has 12 heteroatoms. The van der Waals surface area contributed by atoms with E-state index in [1.54, 1.807) is 11.8 Å². The second-order valence-electron chi connectivity index (χ2n) is 14.8. The summed E-state index contributed by atoms with van der Waals surface area (Å²) >= 11 is 14.3. The Morgan fingerprint density at radius 1 is 0.962 bits per heavy atom. The first kappa shape index (κ1) is 38.5. The lowest BCUT2D eigenvalue weighted by Crippen LogP contribution is -2.43. The van der Waals surface area contributed by atoms with E-state index < -0.39 is 17.8 Å². The number of carbonyl (C=O) groups excluding carboxylic acids is 2. The summed E-state index contributed by atoms with van der Waals surface area (Å²) in [5.74, 6) is 0.316. The van der Waals surface area contributed by atoms with Gasteiger partial charge in [0.25, 0.3) is 0 Å². The number of aliphatic hydroxyl groups excluding tert-OH is 1. The number of aryl methyl sites for hydroxylation is 1. The van der Waals surface area contributed by atoms with Crippen LogP contribution in [0.4, 0.5) is 4.79 Å². The summed E-state index contributed by atoms with van der Waals surface area (Å²) in [6.07, 6.45) is 3.06. The minimum Gasteiger partial charge on any atom is -0.481 e. The lowest BCUT2D eigenvalue weighted by molar-refractivity contribution is -0.119. The third-order valence-electron chi connectivity index (χ3n) is 9.46. The Bertz CT molecular complexity index is 1980. The molecule has 4 aromatic rings. The Balaban J connectivity index is 1.28. The van der Waals surface area contributed by atoms with Crippen molar-refractivity contribution in [3.05, 3.63) is 87.5 Å². The number of aliphatic hydroxyl groups is 1. The average Bonchev–Trinajstić information content (AvgIpc) is 3.54. The van der Waals surface area contributed by atoms with Crippen LogP contribution < -0.4 is 15.4 Å². The largest absolute Gasteiger partial charge is 0.481 e. The number of pyridine rings is 2. The Morgan fingerprint density at radius 2 is 1.60 bits per heavy atom. The Kier molecular flexibility index (Phi) is 11.9. The van der Waals surface area contributed by atoms with Crippen LogP contribution in [0.25, 0.3) is 33.6 Å². The molecule has 2 aromatic carbocycles. The molecular formula is C41H47Cl2N5O5. The van der Waals surface area contributed by atoms with Gasteiger partial charge >= 0.3 is 6.09 Å². The molecule has 3 atom stereocenters. The Hall–Kier alpha value is -4.22. The molecule has 1 unspecified atom stereocenters. The maximum atomic E-state index is 13.3. The number of fused-ring (bicyclic) bond motifs is 1. The van der Waals surface area contributed by atoms with Crippen molar-refractivity contribution < 1.29 is 24.2 Å². The maximum absolute atomic E-state index is 13.3. The summed E-state index contributed by atoms with van der Waals surface area (Å²) in [4.78, 5) is 36.6. The highest BCUT2D eigenvalue weighted by Crippen LogP contribution is 2.43. The minimum absolute atomic E-state index is 0.0263. The third kappa shape index (κ3) is 9.12. The first-order chi connectivity index (χ1) is 25.3. The van der Waals surface area contributed by atoms with E-state index in [1.807, 2.05) is 75.4 Å². The van der Waals surface area contributed by atoms with Crippen molar-refractivity contribution in [1.29, 1.82) is 0 Å². The van der Waals surface area contributed by atoms with Crippen LogP contribution in [-0.2, 0) is 22.5 Å². The van der Waals surface area contributed by atoms with Crippen molar-refractivity contribution in [2.75, 3.05) is 20.2 Å². The first-order valence-electron chi connectivity index (χ1n) is 18.1. The second kappa shape index (κ2) is 16.4. The number of halogens is 2. The fourth-order valence-corrected chi connectivity index (χ4v) is 7.59. The quantitative estimate of drug-likeness (QED) is 0.140. The maximum Gasteiger partial charge on any atom is 0.410 e. The molecule has 1 saturated heterocycles. The van der Waals surface area contributed by atoms with Crippen LogP contribution in [-0.4, -0.2) is 69.9 Å². The number of amides is 2. The molecule has 6 rings (SSSR count). The van der Waals surface area contributed by atoms with E-state index in [2.05, 4.69) is 16.7 Å². The minimum atomic E-state index is -0.692. The fourth-order valence-electron chi connectivity index (χ4n) is 6.94. The van der Waals surface area contributed by atoms with Crippen LogP contribution in [0.3, 0.4) is 0 Å². The smallest absolute Gasteiger partial charge is 0.410 e. The molecule has 0 bridgehead atoms. The normalized spacial score (nSPS) is 17.5. The topological polar surface area (TPSA) is 126 Å². The molecule has 280 valence electrons. The average molecular weight is 761 g/mol. The zero-order valence-electron chi connectivity index (χ0n) is 30.8. The van der Waals surface area contributed by atoms with Gasteiger partial charge in [0.15, 0.2) is 0 Å². The number of hydrogen-bond acceptors (Lipinski definition) is 8. The lowest BCUT2D eigenvalue weighted by atomic mass is 9.90. The monoisotopic (exact) mass is 759 g/mol. The molecule has 0 saturated carbocycles. The van der Waals surface area contributed by atoms with Gasteiger partial charge in [-0.05, 0) is 77.1 Å².